The summed E-state index contributed by atoms with van der Waals surface area (Å²) in [6.07, 6.45) is -0.272. The molecule has 6 N–H and O–H groups in total. The summed E-state index contributed by atoms with van der Waals surface area (Å²) in [4.78, 5) is 49.6. The van der Waals surface area contributed by atoms with Crippen molar-refractivity contribution in [3.05, 3.63) is 53.6 Å². The third kappa shape index (κ3) is 7.47. The Labute approximate surface area is 227 Å². The largest absolute Gasteiger partial charge is 0.479 e. The molecule has 0 saturated heterocycles. The molecule has 0 aromatic heterocycles. The summed E-state index contributed by atoms with van der Waals surface area (Å²) in [6.45, 7) is 8.16. The van der Waals surface area contributed by atoms with E-state index in [9.17, 15) is 24.3 Å². The van der Waals surface area contributed by atoms with Gasteiger partial charge < -0.3 is 36.3 Å². The molecule has 0 aliphatic heterocycles. The molecule has 0 radical (unpaired) electrons. The number of rotatable bonds is 8. The van der Waals surface area contributed by atoms with Gasteiger partial charge in [0.25, 0.3) is 0 Å². The van der Waals surface area contributed by atoms with Crippen LogP contribution in [0.1, 0.15) is 52.2 Å². The topological polar surface area (TPSA) is 169 Å². The Balaban J connectivity index is 1.85. The van der Waals surface area contributed by atoms with Crippen LogP contribution in [0.5, 0.6) is 11.5 Å². The van der Waals surface area contributed by atoms with Gasteiger partial charge in [-0.2, -0.15) is 0 Å². The minimum absolute atomic E-state index is 0.0258. The van der Waals surface area contributed by atoms with Crippen molar-refractivity contribution in [2.75, 3.05) is 5.32 Å². The third-order valence-electron chi connectivity index (χ3n) is 6.21. The van der Waals surface area contributed by atoms with Crippen molar-refractivity contribution < 1.29 is 33.8 Å². The van der Waals surface area contributed by atoms with Gasteiger partial charge in [0.2, 0.25) is 11.8 Å². The van der Waals surface area contributed by atoms with Gasteiger partial charge in [0.05, 0.1) is 11.7 Å². The summed E-state index contributed by atoms with van der Waals surface area (Å²) in [6, 6.07) is 10.5. The number of carbonyl (C=O) groups excluding carboxylic acids is 3. The number of nitrogens with one attached hydrogen (secondary N) is 3. The molecule has 0 bridgehead atoms. The smallest absolute Gasteiger partial charge is 0.408 e. The van der Waals surface area contributed by atoms with Crippen LogP contribution < -0.4 is 26.4 Å². The molecule has 0 saturated carbocycles. The molecule has 2 aromatic carbocycles. The summed E-state index contributed by atoms with van der Waals surface area (Å²) >= 11 is 0. The highest BCUT2D eigenvalue weighted by Crippen LogP contribution is 2.38. The highest BCUT2D eigenvalue weighted by Gasteiger charge is 2.45. The number of benzene rings is 2. The Hall–Kier alpha value is -4.12. The number of amides is 3. The van der Waals surface area contributed by atoms with Gasteiger partial charge in [-0.05, 0) is 71.2 Å². The quantitative estimate of drug-likeness (QED) is 0.340. The molecular weight excluding hydrogens is 504 g/mol. The van der Waals surface area contributed by atoms with Crippen LogP contribution in [-0.4, -0.2) is 52.2 Å². The summed E-state index contributed by atoms with van der Waals surface area (Å²) in [7, 11) is 0. The molecule has 0 unspecified atom stereocenters. The average Bonchev–Trinajstić information content (AvgIpc) is 2.84. The van der Waals surface area contributed by atoms with Gasteiger partial charge in [-0.15, -0.1) is 0 Å². The first-order chi connectivity index (χ1) is 18.2. The Bertz CT molecular complexity index is 1250. The van der Waals surface area contributed by atoms with Crippen LogP contribution in [0.4, 0.5) is 10.5 Å². The number of anilines is 1. The highest BCUT2D eigenvalue weighted by atomic mass is 16.6. The first-order valence-corrected chi connectivity index (χ1v) is 12.7. The van der Waals surface area contributed by atoms with E-state index in [2.05, 4.69) is 16.0 Å². The third-order valence-corrected chi connectivity index (χ3v) is 6.21. The van der Waals surface area contributed by atoms with E-state index in [1.807, 2.05) is 6.07 Å². The molecule has 0 spiro atoms. The SMILES string of the molecule is C[C@H](N)C(=O)N[C@@H](C)C(=O)Nc1ccccc1Oc1cccc2c1C[C@@](NC(=O)OC(C)(C)C)(C(=O)O)CC2. The lowest BCUT2D eigenvalue weighted by molar-refractivity contribution is -0.145. The number of alkyl carbamates (subject to hydrolysis) is 1. The number of para-hydroxylation sites is 2. The van der Waals surface area contributed by atoms with Gasteiger partial charge in [-0.1, -0.05) is 24.3 Å². The zero-order valence-electron chi connectivity index (χ0n) is 22.8. The maximum atomic E-state index is 12.7. The standard InChI is InChI=1S/C28H36N4O7/c1-16(29)23(33)30-17(2)24(34)31-20-10-6-7-11-22(20)38-21-12-8-9-18-13-14-28(25(35)36,15-19(18)21)32-26(37)39-27(3,4)5/h6-12,16-17H,13-15,29H2,1-5H3,(H,30,33)(H,31,34)(H,32,37)(H,35,36)/t16-,17-,28+/m0/s1. The second-order valence-corrected chi connectivity index (χ2v) is 10.7. The van der Waals surface area contributed by atoms with Gasteiger partial charge in [-0.25, -0.2) is 9.59 Å². The molecule has 1 aliphatic carbocycles. The lowest BCUT2D eigenvalue weighted by Gasteiger charge is -2.36. The lowest BCUT2D eigenvalue weighted by Crippen LogP contribution is -2.58. The van der Waals surface area contributed by atoms with Crippen LogP contribution >= 0.6 is 0 Å². The second-order valence-electron chi connectivity index (χ2n) is 10.7. The molecule has 0 fully saturated rings. The molecule has 210 valence electrons. The van der Waals surface area contributed by atoms with E-state index in [0.29, 0.717) is 29.2 Å². The Morgan fingerprint density at radius 3 is 2.31 bits per heavy atom. The normalized spacial score (nSPS) is 18.1. The molecule has 11 heteroatoms. The maximum Gasteiger partial charge on any atom is 0.408 e. The van der Waals surface area contributed by atoms with Crippen LogP contribution in [0.15, 0.2) is 42.5 Å². The van der Waals surface area contributed by atoms with Crippen molar-refractivity contribution >= 4 is 29.6 Å². The van der Waals surface area contributed by atoms with Crippen LogP contribution in [-0.2, 0) is 32.0 Å². The first kappa shape index (κ1) is 29.4. The fourth-order valence-electron chi connectivity index (χ4n) is 4.15. The van der Waals surface area contributed by atoms with Gasteiger partial charge in [-0.3, -0.25) is 9.59 Å². The van der Waals surface area contributed by atoms with Crippen molar-refractivity contribution in [3.63, 3.8) is 0 Å². The zero-order valence-corrected chi connectivity index (χ0v) is 22.8. The minimum Gasteiger partial charge on any atom is -0.479 e. The molecule has 39 heavy (non-hydrogen) atoms. The number of aliphatic carboxylic acids is 1. The molecule has 1 aliphatic rings. The van der Waals surface area contributed by atoms with E-state index in [1.165, 1.54) is 13.8 Å². The minimum atomic E-state index is -1.59. The fourth-order valence-corrected chi connectivity index (χ4v) is 4.15. The lowest BCUT2D eigenvalue weighted by atomic mass is 9.77. The number of carboxylic acids is 1. The monoisotopic (exact) mass is 540 g/mol. The summed E-state index contributed by atoms with van der Waals surface area (Å²) in [5, 5.41) is 18.0. The van der Waals surface area contributed by atoms with E-state index in [1.54, 1.807) is 57.2 Å². The predicted molar refractivity (Wildman–Crippen MR) is 145 cm³/mol. The molecule has 0 heterocycles. The Morgan fingerprint density at radius 1 is 1.00 bits per heavy atom. The van der Waals surface area contributed by atoms with E-state index in [0.717, 1.165) is 5.56 Å². The van der Waals surface area contributed by atoms with Gasteiger partial charge in [0.1, 0.15) is 22.9 Å². The molecule has 11 nitrogen and oxygen atoms in total. The molecule has 3 rings (SSSR count). The number of hydrogen-bond acceptors (Lipinski definition) is 7. The van der Waals surface area contributed by atoms with E-state index < -0.39 is 47.1 Å². The number of hydrogen-bond donors (Lipinski definition) is 5. The maximum absolute atomic E-state index is 12.7. The van der Waals surface area contributed by atoms with Gasteiger partial charge in [0, 0.05) is 12.0 Å². The van der Waals surface area contributed by atoms with Crippen LogP contribution in [0.3, 0.4) is 0 Å². The molecule has 3 atom stereocenters. The van der Waals surface area contributed by atoms with Crippen LogP contribution in [0, 0.1) is 0 Å². The highest BCUT2D eigenvalue weighted by molar-refractivity contribution is 5.98. The van der Waals surface area contributed by atoms with E-state index >= 15 is 0 Å². The Kier molecular flexibility index (Phi) is 8.85. The zero-order chi connectivity index (χ0) is 29.0. The van der Waals surface area contributed by atoms with Gasteiger partial charge >= 0.3 is 12.1 Å². The van der Waals surface area contributed by atoms with Crippen molar-refractivity contribution in [1.82, 2.24) is 10.6 Å². The first-order valence-electron chi connectivity index (χ1n) is 12.7. The van der Waals surface area contributed by atoms with Crippen LogP contribution in [0.25, 0.3) is 0 Å². The van der Waals surface area contributed by atoms with E-state index in [4.69, 9.17) is 15.2 Å². The molecular formula is C28H36N4O7. The predicted octanol–water partition coefficient (Wildman–Crippen LogP) is 3.11. The number of fused-ring (bicyclic) bond motifs is 1. The number of carbonyl (C=O) groups is 4. The van der Waals surface area contributed by atoms with Crippen molar-refractivity contribution in [3.8, 4) is 11.5 Å². The van der Waals surface area contributed by atoms with Crippen molar-refractivity contribution in [2.24, 2.45) is 5.73 Å². The number of ether oxygens (including phenoxy) is 2. The van der Waals surface area contributed by atoms with Crippen molar-refractivity contribution in [1.29, 1.82) is 0 Å². The van der Waals surface area contributed by atoms with Crippen LogP contribution in [0.2, 0.25) is 0 Å². The molecule has 2 aromatic rings. The van der Waals surface area contributed by atoms with Gasteiger partial charge in [0.15, 0.2) is 5.75 Å². The summed E-state index contributed by atoms with van der Waals surface area (Å²) in [5.41, 5.74) is 5.06. The fraction of sp³-hybridized carbons (Fsp3) is 0.429. The number of nitrogens with two attached hydrogens (primary N) is 1. The average molecular weight is 541 g/mol. The Morgan fingerprint density at radius 2 is 1.67 bits per heavy atom. The second kappa shape index (κ2) is 11.7. The summed E-state index contributed by atoms with van der Waals surface area (Å²) < 4.78 is 11.5. The number of aryl methyl sites for hydroxylation is 1. The summed E-state index contributed by atoms with van der Waals surface area (Å²) in [5.74, 6) is -1.40. The molecule has 3 amide bonds. The number of carboxylic acid groups (broad SMARTS) is 1. The van der Waals surface area contributed by atoms with Crippen molar-refractivity contribution in [2.45, 2.75) is 77.1 Å². The van der Waals surface area contributed by atoms with E-state index in [-0.39, 0.29) is 12.8 Å².